The van der Waals surface area contributed by atoms with E-state index in [9.17, 15) is 0 Å². The molecule has 1 fully saturated rings. The fraction of sp³-hybridized carbons (Fsp3) is 1.00. The summed E-state index contributed by atoms with van der Waals surface area (Å²) in [5, 5.41) is 3.49. The molecule has 0 amide bonds. The Kier molecular flexibility index (Phi) is 6.32. The first kappa shape index (κ1) is 13.9. The minimum absolute atomic E-state index is 0.611. The zero-order valence-corrected chi connectivity index (χ0v) is 11.3. The second-order valence-electron chi connectivity index (χ2n) is 4.92. The Hall–Kier alpha value is -0.120. The smallest absolute Gasteiger partial charge is 0.0622 e. The monoisotopic (exact) mass is 228 g/mol. The average Bonchev–Trinajstić information content (AvgIpc) is 2.29. The van der Waals surface area contributed by atoms with Crippen LogP contribution in [0.1, 0.15) is 40.5 Å². The van der Waals surface area contributed by atoms with E-state index in [2.05, 4.69) is 37.9 Å². The number of ether oxygens (including phenoxy) is 1. The maximum Gasteiger partial charge on any atom is 0.0622 e. The van der Waals surface area contributed by atoms with Gasteiger partial charge in [-0.05, 0) is 33.2 Å². The molecule has 1 saturated heterocycles. The molecule has 1 aliphatic heterocycles. The number of nitrogens with zero attached hydrogens (tertiary/aromatic N) is 1. The van der Waals surface area contributed by atoms with Gasteiger partial charge in [0.2, 0.25) is 0 Å². The topological polar surface area (TPSA) is 24.5 Å². The van der Waals surface area contributed by atoms with Gasteiger partial charge in [-0.3, -0.25) is 4.90 Å². The Morgan fingerprint density at radius 2 is 2.12 bits per heavy atom. The molecule has 0 aromatic heterocycles. The minimum atomic E-state index is 0.611. The van der Waals surface area contributed by atoms with Gasteiger partial charge in [0, 0.05) is 24.7 Å². The summed E-state index contributed by atoms with van der Waals surface area (Å²) in [6.45, 7) is 13.0. The lowest BCUT2D eigenvalue weighted by atomic mass is 10.0. The maximum atomic E-state index is 5.55. The fourth-order valence-electron chi connectivity index (χ4n) is 2.68. The molecule has 0 aliphatic carbocycles. The molecule has 1 N–H and O–H groups in total. The average molecular weight is 228 g/mol. The highest BCUT2D eigenvalue weighted by Gasteiger charge is 2.26. The SMILES string of the molecule is CCNC(C)CC(C)N1CCOCC1CC. The van der Waals surface area contributed by atoms with Gasteiger partial charge < -0.3 is 10.1 Å². The summed E-state index contributed by atoms with van der Waals surface area (Å²) in [6, 6.07) is 1.89. The molecule has 3 heteroatoms. The third kappa shape index (κ3) is 4.04. The third-order valence-electron chi connectivity index (χ3n) is 3.56. The lowest BCUT2D eigenvalue weighted by Crippen LogP contribution is -2.50. The van der Waals surface area contributed by atoms with E-state index in [1.54, 1.807) is 0 Å². The maximum absolute atomic E-state index is 5.55. The summed E-state index contributed by atoms with van der Waals surface area (Å²) in [5.41, 5.74) is 0. The van der Waals surface area contributed by atoms with Gasteiger partial charge in [0.25, 0.3) is 0 Å². The molecule has 3 unspecified atom stereocenters. The van der Waals surface area contributed by atoms with Crippen molar-refractivity contribution in [1.29, 1.82) is 0 Å². The van der Waals surface area contributed by atoms with Crippen molar-refractivity contribution in [1.82, 2.24) is 10.2 Å². The van der Waals surface area contributed by atoms with Gasteiger partial charge in [-0.15, -0.1) is 0 Å². The van der Waals surface area contributed by atoms with Crippen LogP contribution in [-0.4, -0.2) is 49.3 Å². The lowest BCUT2D eigenvalue weighted by molar-refractivity contribution is -0.0293. The quantitative estimate of drug-likeness (QED) is 0.751. The number of hydrogen-bond acceptors (Lipinski definition) is 3. The third-order valence-corrected chi connectivity index (χ3v) is 3.56. The Labute approximate surface area is 101 Å². The van der Waals surface area contributed by atoms with E-state index in [1.165, 1.54) is 12.8 Å². The van der Waals surface area contributed by atoms with Gasteiger partial charge in [0.05, 0.1) is 13.2 Å². The van der Waals surface area contributed by atoms with Crippen molar-refractivity contribution in [2.45, 2.75) is 58.7 Å². The van der Waals surface area contributed by atoms with E-state index in [0.29, 0.717) is 18.1 Å². The standard InChI is InChI=1S/C13H28N2O/c1-5-13-10-16-8-7-15(13)12(4)9-11(3)14-6-2/h11-14H,5-10H2,1-4H3. The van der Waals surface area contributed by atoms with Crippen molar-refractivity contribution in [2.75, 3.05) is 26.3 Å². The van der Waals surface area contributed by atoms with Gasteiger partial charge in [-0.1, -0.05) is 13.8 Å². The van der Waals surface area contributed by atoms with Crippen molar-refractivity contribution in [3.8, 4) is 0 Å². The molecular formula is C13H28N2O. The predicted octanol–water partition coefficient (Wildman–Crippen LogP) is 1.87. The zero-order valence-electron chi connectivity index (χ0n) is 11.3. The lowest BCUT2D eigenvalue weighted by Gasteiger charge is -2.40. The molecule has 0 aromatic carbocycles. The van der Waals surface area contributed by atoms with Crippen molar-refractivity contribution in [3.05, 3.63) is 0 Å². The van der Waals surface area contributed by atoms with E-state index < -0.39 is 0 Å². The molecule has 96 valence electrons. The van der Waals surface area contributed by atoms with Crippen LogP contribution in [0.3, 0.4) is 0 Å². The van der Waals surface area contributed by atoms with Crippen LogP contribution in [0.2, 0.25) is 0 Å². The first-order chi connectivity index (χ1) is 7.69. The largest absolute Gasteiger partial charge is 0.378 e. The summed E-state index contributed by atoms with van der Waals surface area (Å²) in [7, 11) is 0. The van der Waals surface area contributed by atoms with Gasteiger partial charge in [-0.2, -0.15) is 0 Å². The first-order valence-corrected chi connectivity index (χ1v) is 6.75. The van der Waals surface area contributed by atoms with Crippen LogP contribution >= 0.6 is 0 Å². The number of hydrogen-bond donors (Lipinski definition) is 1. The summed E-state index contributed by atoms with van der Waals surface area (Å²) in [4.78, 5) is 2.62. The second kappa shape index (κ2) is 7.25. The molecule has 0 radical (unpaired) electrons. The fourth-order valence-corrected chi connectivity index (χ4v) is 2.68. The van der Waals surface area contributed by atoms with E-state index in [4.69, 9.17) is 4.74 Å². The molecule has 0 saturated carbocycles. The molecule has 3 atom stereocenters. The van der Waals surface area contributed by atoms with Gasteiger partial charge in [0.1, 0.15) is 0 Å². The molecule has 1 aliphatic rings. The van der Waals surface area contributed by atoms with Crippen LogP contribution in [0.4, 0.5) is 0 Å². The summed E-state index contributed by atoms with van der Waals surface area (Å²) in [5.74, 6) is 0. The van der Waals surface area contributed by atoms with Crippen LogP contribution in [0.15, 0.2) is 0 Å². The van der Waals surface area contributed by atoms with Crippen LogP contribution < -0.4 is 5.32 Å². The highest BCUT2D eigenvalue weighted by Crippen LogP contribution is 2.16. The van der Waals surface area contributed by atoms with Gasteiger partial charge in [-0.25, -0.2) is 0 Å². The Bertz CT molecular complexity index is 187. The molecule has 0 aromatic rings. The normalized spacial score (nSPS) is 26.6. The number of morpholine rings is 1. The van der Waals surface area contributed by atoms with E-state index in [1.807, 2.05) is 0 Å². The van der Waals surface area contributed by atoms with E-state index in [0.717, 1.165) is 26.3 Å². The Morgan fingerprint density at radius 1 is 1.38 bits per heavy atom. The zero-order chi connectivity index (χ0) is 12.0. The van der Waals surface area contributed by atoms with Crippen molar-refractivity contribution in [2.24, 2.45) is 0 Å². The summed E-state index contributed by atoms with van der Waals surface area (Å²) >= 11 is 0. The first-order valence-electron chi connectivity index (χ1n) is 6.75. The minimum Gasteiger partial charge on any atom is -0.378 e. The highest BCUT2D eigenvalue weighted by atomic mass is 16.5. The highest BCUT2D eigenvalue weighted by molar-refractivity contribution is 4.81. The van der Waals surface area contributed by atoms with Gasteiger partial charge in [0.15, 0.2) is 0 Å². The molecular weight excluding hydrogens is 200 g/mol. The molecule has 1 heterocycles. The summed E-state index contributed by atoms with van der Waals surface area (Å²) in [6.07, 6.45) is 2.42. The molecule has 0 bridgehead atoms. The predicted molar refractivity (Wildman–Crippen MR) is 68.8 cm³/mol. The molecule has 0 spiro atoms. The number of rotatable bonds is 6. The van der Waals surface area contributed by atoms with E-state index >= 15 is 0 Å². The van der Waals surface area contributed by atoms with Crippen LogP contribution in [0.5, 0.6) is 0 Å². The molecule has 16 heavy (non-hydrogen) atoms. The summed E-state index contributed by atoms with van der Waals surface area (Å²) < 4.78 is 5.55. The molecule has 3 nitrogen and oxygen atoms in total. The number of nitrogens with one attached hydrogen (secondary N) is 1. The van der Waals surface area contributed by atoms with E-state index in [-0.39, 0.29) is 0 Å². The second-order valence-corrected chi connectivity index (χ2v) is 4.92. The Balaban J connectivity index is 2.40. The molecule has 1 rings (SSSR count). The van der Waals surface area contributed by atoms with Crippen LogP contribution in [-0.2, 0) is 4.74 Å². The van der Waals surface area contributed by atoms with Crippen molar-refractivity contribution in [3.63, 3.8) is 0 Å². The van der Waals surface area contributed by atoms with Crippen molar-refractivity contribution < 1.29 is 4.74 Å². The van der Waals surface area contributed by atoms with Crippen LogP contribution in [0, 0.1) is 0 Å². The van der Waals surface area contributed by atoms with Crippen molar-refractivity contribution >= 4 is 0 Å². The van der Waals surface area contributed by atoms with Crippen LogP contribution in [0.25, 0.3) is 0 Å². The van der Waals surface area contributed by atoms with Gasteiger partial charge >= 0.3 is 0 Å². The Morgan fingerprint density at radius 3 is 2.75 bits per heavy atom.